The van der Waals surface area contributed by atoms with E-state index in [1.54, 1.807) is 42.3 Å². The molecule has 0 saturated carbocycles. The quantitative estimate of drug-likeness (QED) is 0.420. The van der Waals surface area contributed by atoms with E-state index in [4.69, 9.17) is 4.74 Å². The summed E-state index contributed by atoms with van der Waals surface area (Å²) in [5, 5.41) is 3.42. The van der Waals surface area contributed by atoms with Crippen molar-refractivity contribution < 1.29 is 18.3 Å². The molecule has 0 radical (unpaired) electrons. The number of aryl methyl sites for hydroxylation is 1. The van der Waals surface area contributed by atoms with Crippen LogP contribution in [0.15, 0.2) is 53.6 Å². The maximum atomic E-state index is 13.0. The van der Waals surface area contributed by atoms with Gasteiger partial charge in [0.1, 0.15) is 5.75 Å². The average molecular weight is 521 g/mol. The van der Waals surface area contributed by atoms with Gasteiger partial charge in [-0.3, -0.25) is 19.0 Å². The van der Waals surface area contributed by atoms with Crippen molar-refractivity contribution in [3.8, 4) is 16.9 Å². The van der Waals surface area contributed by atoms with E-state index < -0.39 is 6.61 Å². The van der Waals surface area contributed by atoms with E-state index in [-0.39, 0.29) is 35.6 Å². The molecule has 2 aromatic heterocycles. The maximum absolute atomic E-state index is 13.0. The predicted octanol–water partition coefficient (Wildman–Crippen LogP) is 2.94. The summed E-state index contributed by atoms with van der Waals surface area (Å²) in [6, 6.07) is 10.5. The highest BCUT2D eigenvalue weighted by Gasteiger charge is 2.42. The molecule has 1 amide bonds. The number of amides is 1. The monoisotopic (exact) mass is 520 g/mol. The maximum Gasteiger partial charge on any atom is 0.387 e. The number of aromatic nitrogens is 4. The normalized spacial score (nSPS) is 18.9. The fraction of sp³-hybridized carbons (Fsp3) is 0.333. The summed E-state index contributed by atoms with van der Waals surface area (Å²) in [5.74, 6) is 1.01. The second-order valence-corrected chi connectivity index (χ2v) is 9.90. The first-order valence-electron chi connectivity index (χ1n) is 12.4. The van der Waals surface area contributed by atoms with Crippen molar-refractivity contribution in [3.05, 3.63) is 70.3 Å². The van der Waals surface area contributed by atoms with Crippen LogP contribution < -0.4 is 20.5 Å². The number of alkyl halides is 2. The Morgan fingerprint density at radius 1 is 1.08 bits per heavy atom. The second-order valence-electron chi connectivity index (χ2n) is 9.90. The summed E-state index contributed by atoms with van der Waals surface area (Å²) >= 11 is 0. The van der Waals surface area contributed by atoms with E-state index in [1.807, 2.05) is 24.0 Å². The lowest BCUT2D eigenvalue weighted by Crippen LogP contribution is -2.29. The van der Waals surface area contributed by atoms with E-state index in [2.05, 4.69) is 15.3 Å². The van der Waals surface area contributed by atoms with Crippen molar-refractivity contribution in [1.82, 2.24) is 24.6 Å². The standard InChI is InChI=1S/C27H26F2N6O3/c1-15-3-6-23(38-26(28)29)17(7-15)13-35-22-8-16(4-5-20(22)25(37)33(35)2)18-9-31-27(32-10-18)34-12-19-11-30-24(36)21(19)14-34/h3-10,19,21,26H,11-14H2,1-2H3,(H,30,36)/t19?,21-/m1/s1. The predicted molar refractivity (Wildman–Crippen MR) is 137 cm³/mol. The van der Waals surface area contributed by atoms with Gasteiger partial charge in [0, 0.05) is 56.1 Å². The van der Waals surface area contributed by atoms with Crippen LogP contribution in [0.4, 0.5) is 14.7 Å². The van der Waals surface area contributed by atoms with Crippen LogP contribution in [0, 0.1) is 18.8 Å². The van der Waals surface area contributed by atoms with Gasteiger partial charge in [-0.25, -0.2) is 9.97 Å². The number of hydrogen-bond donors (Lipinski definition) is 1. The number of hydrogen-bond acceptors (Lipinski definition) is 6. The molecular weight excluding hydrogens is 494 g/mol. The van der Waals surface area contributed by atoms with E-state index in [1.165, 1.54) is 10.7 Å². The number of nitrogens with one attached hydrogen (secondary N) is 1. The van der Waals surface area contributed by atoms with E-state index in [0.29, 0.717) is 35.5 Å². The molecule has 0 aliphatic carbocycles. The summed E-state index contributed by atoms with van der Waals surface area (Å²) < 4.78 is 34.0. The number of rotatable bonds is 6. The molecule has 1 N–H and O–H groups in total. The zero-order chi connectivity index (χ0) is 26.6. The van der Waals surface area contributed by atoms with E-state index in [9.17, 15) is 18.4 Å². The Labute approximate surface area is 216 Å². The lowest BCUT2D eigenvalue weighted by Gasteiger charge is -2.17. The molecule has 2 fully saturated rings. The third-order valence-corrected chi connectivity index (χ3v) is 7.49. The average Bonchev–Trinajstić information content (AvgIpc) is 3.55. The highest BCUT2D eigenvalue weighted by molar-refractivity contribution is 5.84. The fourth-order valence-corrected chi connectivity index (χ4v) is 5.48. The van der Waals surface area contributed by atoms with Gasteiger partial charge in [-0.15, -0.1) is 0 Å². The molecule has 2 aliphatic rings. The lowest BCUT2D eigenvalue weighted by atomic mass is 10.0. The molecule has 0 spiro atoms. The van der Waals surface area contributed by atoms with Gasteiger partial charge in [-0.2, -0.15) is 8.78 Å². The van der Waals surface area contributed by atoms with Gasteiger partial charge >= 0.3 is 6.61 Å². The number of benzene rings is 2. The second kappa shape index (κ2) is 9.23. The third kappa shape index (κ3) is 4.17. The first-order valence-corrected chi connectivity index (χ1v) is 12.4. The molecular formula is C27H26F2N6O3. The summed E-state index contributed by atoms with van der Waals surface area (Å²) in [6.45, 7) is 1.12. The molecule has 2 saturated heterocycles. The summed E-state index contributed by atoms with van der Waals surface area (Å²) in [4.78, 5) is 36.1. The number of carbonyl (C=O) groups is 1. The topological polar surface area (TPSA) is 94.3 Å². The zero-order valence-corrected chi connectivity index (χ0v) is 20.9. The number of halogens is 2. The molecule has 11 heteroatoms. The molecule has 6 rings (SSSR count). The minimum atomic E-state index is -2.95. The molecule has 9 nitrogen and oxygen atoms in total. The van der Waals surface area contributed by atoms with Crippen LogP contribution in [0.2, 0.25) is 0 Å². The number of nitrogens with zero attached hydrogens (tertiary/aromatic N) is 5. The zero-order valence-electron chi connectivity index (χ0n) is 20.9. The molecule has 1 unspecified atom stereocenters. The Morgan fingerprint density at radius 2 is 1.87 bits per heavy atom. The largest absolute Gasteiger partial charge is 0.434 e. The molecule has 38 heavy (non-hydrogen) atoms. The minimum absolute atomic E-state index is 0.0180. The van der Waals surface area contributed by atoms with Gasteiger partial charge in [0.2, 0.25) is 11.9 Å². The first kappa shape index (κ1) is 24.1. The Bertz CT molecular complexity index is 1600. The van der Waals surface area contributed by atoms with Crippen LogP contribution in [0.1, 0.15) is 11.1 Å². The van der Waals surface area contributed by atoms with Crippen molar-refractivity contribution in [1.29, 1.82) is 0 Å². The van der Waals surface area contributed by atoms with Gasteiger partial charge in [-0.05, 0) is 30.7 Å². The highest BCUT2D eigenvalue weighted by Crippen LogP contribution is 2.31. The first-order chi connectivity index (χ1) is 18.3. The molecule has 4 aromatic rings. The van der Waals surface area contributed by atoms with Gasteiger partial charge in [-0.1, -0.05) is 23.8 Å². The van der Waals surface area contributed by atoms with Gasteiger partial charge in [0.25, 0.3) is 5.56 Å². The smallest absolute Gasteiger partial charge is 0.387 e. The summed E-state index contributed by atoms with van der Waals surface area (Å²) in [6.07, 6.45) is 3.47. The number of fused-ring (bicyclic) bond motifs is 2. The van der Waals surface area contributed by atoms with E-state index in [0.717, 1.165) is 23.2 Å². The van der Waals surface area contributed by atoms with Gasteiger partial charge in [0.15, 0.2) is 0 Å². The third-order valence-electron chi connectivity index (χ3n) is 7.49. The molecule has 2 aromatic carbocycles. The number of carbonyl (C=O) groups excluding carboxylic acids is 1. The Morgan fingerprint density at radius 3 is 2.61 bits per heavy atom. The molecule has 196 valence electrons. The van der Waals surface area contributed by atoms with Crippen molar-refractivity contribution in [3.63, 3.8) is 0 Å². The number of ether oxygens (including phenoxy) is 1. The Kier molecular flexibility index (Phi) is 5.85. The SMILES string of the molecule is Cc1ccc(OC(F)F)c(Cn2c3cc(-c4cnc(N5CC6CNC(=O)[C@@H]6C5)nc4)ccc3c(=O)n2C)c1. The van der Waals surface area contributed by atoms with E-state index >= 15 is 0 Å². The van der Waals surface area contributed by atoms with Crippen LogP contribution in [0.25, 0.3) is 22.0 Å². The van der Waals surface area contributed by atoms with Crippen LogP contribution in [0.3, 0.4) is 0 Å². The van der Waals surface area contributed by atoms with Crippen LogP contribution in [-0.2, 0) is 18.4 Å². The number of anilines is 1. The molecule has 0 bridgehead atoms. The molecule has 4 heterocycles. The summed E-state index contributed by atoms with van der Waals surface area (Å²) in [7, 11) is 1.65. The van der Waals surface area contributed by atoms with Crippen molar-refractivity contribution in [2.24, 2.45) is 18.9 Å². The fourth-order valence-electron chi connectivity index (χ4n) is 5.48. The van der Waals surface area contributed by atoms with Crippen LogP contribution >= 0.6 is 0 Å². The van der Waals surface area contributed by atoms with Crippen LogP contribution in [0.5, 0.6) is 5.75 Å². The summed E-state index contributed by atoms with van der Waals surface area (Å²) in [5.41, 5.74) is 3.48. The molecule has 2 atom stereocenters. The molecule has 2 aliphatic heterocycles. The Hall–Kier alpha value is -4.28. The van der Waals surface area contributed by atoms with Crippen molar-refractivity contribution >= 4 is 22.8 Å². The van der Waals surface area contributed by atoms with Crippen molar-refractivity contribution in [2.45, 2.75) is 20.1 Å². The van der Waals surface area contributed by atoms with Gasteiger partial charge in [0.05, 0.1) is 23.4 Å². The van der Waals surface area contributed by atoms with Crippen molar-refractivity contribution in [2.75, 3.05) is 24.5 Å². The highest BCUT2D eigenvalue weighted by atomic mass is 19.3. The lowest BCUT2D eigenvalue weighted by molar-refractivity contribution is -0.122. The van der Waals surface area contributed by atoms with Gasteiger partial charge < -0.3 is 15.0 Å². The minimum Gasteiger partial charge on any atom is -0.434 e. The van der Waals surface area contributed by atoms with Crippen LogP contribution in [-0.4, -0.2) is 51.5 Å². The Balaban J connectivity index is 1.32.